The molecule has 0 saturated carbocycles. The average molecular weight is 282 g/mol. The van der Waals surface area contributed by atoms with Gasteiger partial charge in [0.15, 0.2) is 0 Å². The Kier molecular flexibility index (Phi) is 4.32. The maximum atomic E-state index is 13.5. The van der Waals surface area contributed by atoms with Crippen LogP contribution in [0.25, 0.3) is 0 Å². The largest absolute Gasteiger partial charge is 0.341 e. The van der Waals surface area contributed by atoms with E-state index in [-0.39, 0.29) is 12.5 Å². The molecule has 0 unspecified atom stereocenters. The summed E-state index contributed by atoms with van der Waals surface area (Å²) >= 11 is 0. The Morgan fingerprint density at radius 1 is 1.35 bits per heavy atom. The maximum Gasteiger partial charge on any atom is 0.259 e. The molecule has 0 atom stereocenters. The molecular formula is C14H16F2N2O2. The molecule has 2 amide bonds. The number of likely N-dealkylation sites (tertiary alicyclic amines) is 1. The normalized spacial score (nSPS) is 14.8. The molecule has 1 aliphatic rings. The van der Waals surface area contributed by atoms with Gasteiger partial charge in [-0.1, -0.05) is 6.07 Å². The summed E-state index contributed by atoms with van der Waals surface area (Å²) in [6.45, 7) is 1.31. The van der Waals surface area contributed by atoms with Gasteiger partial charge in [0.2, 0.25) is 5.91 Å². The molecule has 6 heteroatoms. The van der Waals surface area contributed by atoms with E-state index >= 15 is 0 Å². The number of hydrogen-bond acceptors (Lipinski definition) is 2. The lowest BCUT2D eigenvalue weighted by Crippen LogP contribution is -2.37. The van der Waals surface area contributed by atoms with Crippen molar-refractivity contribution in [3.63, 3.8) is 0 Å². The molecule has 4 nitrogen and oxygen atoms in total. The predicted molar refractivity (Wildman–Crippen MR) is 69.1 cm³/mol. The van der Waals surface area contributed by atoms with Crippen LogP contribution in [0.2, 0.25) is 0 Å². The average Bonchev–Trinajstić information content (AvgIpc) is 2.81. The second-order valence-corrected chi connectivity index (χ2v) is 4.81. The van der Waals surface area contributed by atoms with Gasteiger partial charge in [-0.05, 0) is 18.6 Å². The molecule has 20 heavy (non-hydrogen) atoms. The van der Waals surface area contributed by atoms with Crippen LogP contribution in [0.3, 0.4) is 0 Å². The summed E-state index contributed by atoms with van der Waals surface area (Å²) in [5, 5.41) is 0. The summed E-state index contributed by atoms with van der Waals surface area (Å²) < 4.78 is 27.0. The van der Waals surface area contributed by atoms with Crippen LogP contribution >= 0.6 is 0 Å². The number of carbonyl (C=O) groups excluding carboxylic acids is 2. The quantitative estimate of drug-likeness (QED) is 0.842. The Morgan fingerprint density at radius 3 is 2.55 bits per heavy atom. The number of halogens is 2. The summed E-state index contributed by atoms with van der Waals surface area (Å²) in [7, 11) is 1.47. The highest BCUT2D eigenvalue weighted by Gasteiger charge is 2.23. The molecule has 0 N–H and O–H groups in total. The lowest BCUT2D eigenvalue weighted by Gasteiger charge is -2.22. The molecule has 2 rings (SSSR count). The van der Waals surface area contributed by atoms with Crippen molar-refractivity contribution in [2.24, 2.45) is 0 Å². The maximum absolute atomic E-state index is 13.5. The van der Waals surface area contributed by atoms with E-state index in [0.29, 0.717) is 19.5 Å². The molecule has 0 aromatic heterocycles. The van der Waals surface area contributed by atoms with Crippen LogP contribution in [0.5, 0.6) is 0 Å². The van der Waals surface area contributed by atoms with Crippen molar-refractivity contribution in [3.8, 4) is 0 Å². The van der Waals surface area contributed by atoms with Crippen molar-refractivity contribution in [2.75, 3.05) is 26.7 Å². The topological polar surface area (TPSA) is 40.6 Å². The summed E-state index contributed by atoms with van der Waals surface area (Å²) in [5.41, 5.74) is -0.553. The summed E-state index contributed by atoms with van der Waals surface area (Å²) in [6.07, 6.45) is 1.35. The van der Waals surface area contributed by atoms with Gasteiger partial charge in [0.05, 0.1) is 0 Å². The molecule has 1 fully saturated rings. The molecule has 108 valence electrons. The molecule has 1 aromatic rings. The van der Waals surface area contributed by atoms with Crippen molar-refractivity contribution in [3.05, 3.63) is 35.4 Å². The number of amides is 2. The van der Waals surface area contributed by atoms with E-state index in [1.54, 1.807) is 4.90 Å². The fourth-order valence-corrected chi connectivity index (χ4v) is 2.21. The first-order valence-corrected chi connectivity index (χ1v) is 6.48. The molecule has 1 saturated heterocycles. The van der Waals surface area contributed by atoms with Gasteiger partial charge in [0.25, 0.3) is 5.91 Å². The first kappa shape index (κ1) is 14.4. The third-order valence-electron chi connectivity index (χ3n) is 3.40. The lowest BCUT2D eigenvalue weighted by molar-refractivity contribution is -0.127. The van der Waals surface area contributed by atoms with Crippen LogP contribution in [-0.2, 0) is 4.79 Å². The molecular weight excluding hydrogens is 266 g/mol. The number of benzene rings is 1. The number of rotatable bonds is 4. The highest BCUT2D eigenvalue weighted by atomic mass is 19.1. The van der Waals surface area contributed by atoms with Gasteiger partial charge in [-0.2, -0.15) is 0 Å². The van der Waals surface area contributed by atoms with Crippen LogP contribution < -0.4 is 0 Å². The minimum atomic E-state index is -0.876. The second kappa shape index (κ2) is 5.98. The smallest absolute Gasteiger partial charge is 0.259 e. The second-order valence-electron chi connectivity index (χ2n) is 4.81. The van der Waals surface area contributed by atoms with E-state index in [1.807, 2.05) is 0 Å². The van der Waals surface area contributed by atoms with Crippen LogP contribution in [0.1, 0.15) is 23.2 Å². The molecule has 0 radical (unpaired) electrons. The van der Waals surface area contributed by atoms with Crippen LogP contribution in [0, 0.1) is 11.6 Å². The van der Waals surface area contributed by atoms with E-state index in [2.05, 4.69) is 0 Å². The van der Waals surface area contributed by atoms with E-state index in [1.165, 1.54) is 18.0 Å². The van der Waals surface area contributed by atoms with Crippen LogP contribution in [0.4, 0.5) is 8.78 Å². The number of carbonyl (C=O) groups is 2. The summed E-state index contributed by atoms with van der Waals surface area (Å²) in [6, 6.07) is 3.31. The Balaban J connectivity index is 2.00. The Morgan fingerprint density at radius 2 is 2.00 bits per heavy atom. The minimum absolute atomic E-state index is 0.0583. The van der Waals surface area contributed by atoms with E-state index in [0.717, 1.165) is 18.6 Å². The van der Waals surface area contributed by atoms with Crippen molar-refractivity contribution in [1.82, 2.24) is 9.80 Å². The van der Waals surface area contributed by atoms with Gasteiger partial charge in [-0.15, -0.1) is 0 Å². The van der Waals surface area contributed by atoms with E-state index in [9.17, 15) is 18.4 Å². The van der Waals surface area contributed by atoms with Gasteiger partial charge in [-0.3, -0.25) is 9.59 Å². The molecule has 0 aliphatic carbocycles. The lowest BCUT2D eigenvalue weighted by atomic mass is 10.1. The van der Waals surface area contributed by atoms with Crippen molar-refractivity contribution in [1.29, 1.82) is 0 Å². The van der Waals surface area contributed by atoms with Crippen molar-refractivity contribution < 1.29 is 18.4 Å². The number of hydrogen-bond donors (Lipinski definition) is 0. The Bertz CT molecular complexity index is 514. The van der Waals surface area contributed by atoms with Crippen LogP contribution in [-0.4, -0.2) is 48.3 Å². The Hall–Kier alpha value is -1.98. The van der Waals surface area contributed by atoms with E-state index in [4.69, 9.17) is 0 Å². The highest BCUT2D eigenvalue weighted by Crippen LogP contribution is 2.14. The first-order chi connectivity index (χ1) is 9.50. The first-order valence-electron chi connectivity index (χ1n) is 6.48. The summed E-state index contributed by atoms with van der Waals surface area (Å²) in [4.78, 5) is 26.3. The third kappa shape index (κ3) is 2.95. The fourth-order valence-electron chi connectivity index (χ4n) is 2.21. The fraction of sp³-hybridized carbons (Fsp3) is 0.429. The molecule has 1 aliphatic heterocycles. The standard InChI is InChI=1S/C14H16F2N2O2/c1-17(8-9-18-7-3-6-12(18)19)14(20)13-10(15)4-2-5-11(13)16/h2,4-5H,3,6-9H2,1H3. The molecule has 0 spiro atoms. The zero-order chi connectivity index (χ0) is 14.7. The summed E-state index contributed by atoms with van der Waals surface area (Å²) in [5.74, 6) is -2.41. The zero-order valence-corrected chi connectivity index (χ0v) is 11.2. The highest BCUT2D eigenvalue weighted by molar-refractivity contribution is 5.94. The predicted octanol–water partition coefficient (Wildman–Crippen LogP) is 1.66. The third-order valence-corrected chi connectivity index (χ3v) is 3.40. The van der Waals surface area contributed by atoms with Crippen molar-refractivity contribution >= 4 is 11.8 Å². The van der Waals surface area contributed by atoms with Gasteiger partial charge in [0, 0.05) is 33.1 Å². The van der Waals surface area contributed by atoms with E-state index < -0.39 is 23.1 Å². The van der Waals surface area contributed by atoms with Gasteiger partial charge in [0.1, 0.15) is 17.2 Å². The van der Waals surface area contributed by atoms with Gasteiger partial charge >= 0.3 is 0 Å². The minimum Gasteiger partial charge on any atom is -0.341 e. The molecule has 1 heterocycles. The van der Waals surface area contributed by atoms with Gasteiger partial charge < -0.3 is 9.80 Å². The van der Waals surface area contributed by atoms with Gasteiger partial charge in [-0.25, -0.2) is 8.78 Å². The van der Waals surface area contributed by atoms with Crippen LogP contribution in [0.15, 0.2) is 18.2 Å². The van der Waals surface area contributed by atoms with Crippen molar-refractivity contribution in [2.45, 2.75) is 12.8 Å². The number of nitrogens with zero attached hydrogens (tertiary/aromatic N) is 2. The molecule has 0 bridgehead atoms. The molecule has 1 aromatic carbocycles. The monoisotopic (exact) mass is 282 g/mol. The number of likely N-dealkylation sites (N-methyl/N-ethyl adjacent to an activating group) is 1. The zero-order valence-electron chi connectivity index (χ0n) is 11.2. The Labute approximate surface area is 116 Å². The SMILES string of the molecule is CN(CCN1CCCC1=O)C(=O)c1c(F)cccc1F.